The van der Waals surface area contributed by atoms with Crippen LogP contribution in [0, 0.1) is 0 Å². The van der Waals surface area contributed by atoms with Gasteiger partial charge in [0.05, 0.1) is 0 Å². The maximum Gasteiger partial charge on any atom is 0.231 e. The van der Waals surface area contributed by atoms with Gasteiger partial charge in [-0.25, -0.2) is 0 Å². The molecule has 0 bridgehead atoms. The Morgan fingerprint density at radius 2 is 1.68 bits per heavy atom. The second kappa shape index (κ2) is 9.47. The highest BCUT2D eigenvalue weighted by Crippen LogP contribution is 2.33. The molecule has 168 valence electrons. The Kier molecular flexibility index (Phi) is 6.70. The Bertz CT molecular complexity index is 872. The third-order valence-electron chi connectivity index (χ3n) is 5.90. The molecule has 6 heteroatoms. The van der Waals surface area contributed by atoms with Crippen LogP contribution in [0.1, 0.15) is 31.9 Å². The molecule has 0 aliphatic carbocycles. The van der Waals surface area contributed by atoms with Crippen LogP contribution in [0.5, 0.6) is 17.2 Å². The molecule has 0 aromatic heterocycles. The van der Waals surface area contributed by atoms with Gasteiger partial charge in [0, 0.05) is 39.3 Å². The number of nitrogens with zero attached hydrogens (tertiary/aromatic N) is 2. The molecule has 0 radical (unpaired) electrons. The summed E-state index contributed by atoms with van der Waals surface area (Å²) in [7, 11) is 0. The SMILES string of the molecule is CC(C)(C)c1ccccc1OC[C@@H](O)CN1CCN(Cc2ccc3c(c2)OCO3)CC1. The lowest BCUT2D eigenvalue weighted by molar-refractivity contribution is 0.0442. The lowest BCUT2D eigenvalue weighted by Gasteiger charge is -2.35. The topological polar surface area (TPSA) is 54.4 Å². The normalized spacial score (nSPS) is 18.2. The van der Waals surface area contributed by atoms with E-state index in [0.717, 1.165) is 50.0 Å². The fourth-order valence-corrected chi connectivity index (χ4v) is 4.18. The number of fused-ring (bicyclic) bond motifs is 1. The van der Waals surface area contributed by atoms with Gasteiger partial charge in [0.25, 0.3) is 0 Å². The molecule has 1 atom stereocenters. The van der Waals surface area contributed by atoms with Crippen LogP contribution in [0.25, 0.3) is 0 Å². The van der Waals surface area contributed by atoms with Gasteiger partial charge < -0.3 is 19.3 Å². The molecule has 2 aliphatic rings. The minimum absolute atomic E-state index is 0.00978. The first-order valence-electron chi connectivity index (χ1n) is 11.1. The number of piperazine rings is 1. The minimum atomic E-state index is -0.506. The maximum atomic E-state index is 10.5. The summed E-state index contributed by atoms with van der Waals surface area (Å²) in [5.74, 6) is 2.53. The van der Waals surface area contributed by atoms with E-state index in [9.17, 15) is 5.11 Å². The molecule has 6 nitrogen and oxygen atoms in total. The maximum absolute atomic E-state index is 10.5. The van der Waals surface area contributed by atoms with Crippen molar-refractivity contribution in [2.24, 2.45) is 0 Å². The average molecular weight is 427 g/mol. The van der Waals surface area contributed by atoms with Gasteiger partial charge in [-0.1, -0.05) is 45.0 Å². The van der Waals surface area contributed by atoms with Crippen molar-refractivity contribution in [2.45, 2.75) is 38.8 Å². The molecule has 0 spiro atoms. The number of para-hydroxylation sites is 1. The lowest BCUT2D eigenvalue weighted by Crippen LogP contribution is -2.48. The second-order valence-electron chi connectivity index (χ2n) is 9.48. The summed E-state index contributed by atoms with van der Waals surface area (Å²) in [5.41, 5.74) is 2.42. The molecule has 0 unspecified atom stereocenters. The van der Waals surface area contributed by atoms with E-state index in [1.54, 1.807) is 0 Å². The summed E-state index contributed by atoms with van der Waals surface area (Å²) in [4.78, 5) is 4.76. The predicted molar refractivity (Wildman–Crippen MR) is 121 cm³/mol. The monoisotopic (exact) mass is 426 g/mol. The largest absolute Gasteiger partial charge is 0.491 e. The Morgan fingerprint density at radius 3 is 2.45 bits per heavy atom. The highest BCUT2D eigenvalue weighted by molar-refractivity contribution is 5.44. The number of aliphatic hydroxyl groups excluding tert-OH is 1. The molecule has 0 amide bonds. The van der Waals surface area contributed by atoms with E-state index in [4.69, 9.17) is 14.2 Å². The van der Waals surface area contributed by atoms with Crippen molar-refractivity contribution in [1.29, 1.82) is 0 Å². The minimum Gasteiger partial charge on any atom is -0.491 e. The smallest absolute Gasteiger partial charge is 0.231 e. The average Bonchev–Trinajstić information content (AvgIpc) is 3.21. The number of β-amino-alcohol motifs (C(OH)–C–C–N with tert-alkyl or cyclic N) is 1. The van der Waals surface area contributed by atoms with Crippen molar-refractivity contribution in [1.82, 2.24) is 9.80 Å². The van der Waals surface area contributed by atoms with Crippen molar-refractivity contribution in [2.75, 3.05) is 46.1 Å². The first-order chi connectivity index (χ1) is 14.9. The molecule has 1 N–H and O–H groups in total. The number of hydrogen-bond acceptors (Lipinski definition) is 6. The van der Waals surface area contributed by atoms with E-state index in [2.05, 4.69) is 48.8 Å². The molecule has 2 aromatic carbocycles. The molecule has 1 fully saturated rings. The highest BCUT2D eigenvalue weighted by Gasteiger charge is 2.22. The van der Waals surface area contributed by atoms with Gasteiger partial charge in [-0.2, -0.15) is 0 Å². The first kappa shape index (κ1) is 21.9. The van der Waals surface area contributed by atoms with Crippen LogP contribution in [0.15, 0.2) is 42.5 Å². The van der Waals surface area contributed by atoms with E-state index in [1.165, 1.54) is 11.1 Å². The van der Waals surface area contributed by atoms with Crippen molar-refractivity contribution in [3.8, 4) is 17.2 Å². The second-order valence-corrected chi connectivity index (χ2v) is 9.48. The zero-order valence-electron chi connectivity index (χ0n) is 18.8. The van der Waals surface area contributed by atoms with Crippen LogP contribution in [0.3, 0.4) is 0 Å². The summed E-state index contributed by atoms with van der Waals surface area (Å²) < 4.78 is 16.9. The summed E-state index contributed by atoms with van der Waals surface area (Å²) in [6.45, 7) is 12.5. The van der Waals surface area contributed by atoms with Gasteiger partial charge in [-0.05, 0) is 34.7 Å². The number of hydrogen-bond donors (Lipinski definition) is 1. The van der Waals surface area contributed by atoms with Gasteiger partial charge in [0.15, 0.2) is 11.5 Å². The van der Waals surface area contributed by atoms with Crippen LogP contribution in [-0.4, -0.2) is 67.1 Å². The third-order valence-corrected chi connectivity index (χ3v) is 5.90. The van der Waals surface area contributed by atoms with Gasteiger partial charge >= 0.3 is 0 Å². The summed E-state index contributed by atoms with van der Waals surface area (Å²) in [6, 6.07) is 14.3. The van der Waals surface area contributed by atoms with E-state index < -0.39 is 6.10 Å². The van der Waals surface area contributed by atoms with Gasteiger partial charge in [0.1, 0.15) is 18.5 Å². The fourth-order valence-electron chi connectivity index (χ4n) is 4.18. The Morgan fingerprint density at radius 1 is 0.968 bits per heavy atom. The molecular weight excluding hydrogens is 392 g/mol. The Balaban J connectivity index is 1.21. The van der Waals surface area contributed by atoms with Gasteiger partial charge in [-0.3, -0.25) is 9.80 Å². The van der Waals surface area contributed by atoms with Gasteiger partial charge in [0.2, 0.25) is 6.79 Å². The van der Waals surface area contributed by atoms with Crippen molar-refractivity contribution < 1.29 is 19.3 Å². The zero-order chi connectivity index (χ0) is 21.8. The van der Waals surface area contributed by atoms with Crippen molar-refractivity contribution in [3.63, 3.8) is 0 Å². The standard InChI is InChI=1S/C25H34N2O4/c1-25(2,3)21-6-4-5-7-22(21)29-17-20(28)16-27-12-10-26(11-13-27)15-19-8-9-23-24(14-19)31-18-30-23/h4-9,14,20,28H,10-13,15-18H2,1-3H3/t20-/m0/s1. The number of rotatable bonds is 7. The highest BCUT2D eigenvalue weighted by atomic mass is 16.7. The van der Waals surface area contributed by atoms with E-state index in [0.29, 0.717) is 19.9 Å². The number of aliphatic hydroxyl groups is 1. The van der Waals surface area contributed by atoms with Gasteiger partial charge in [-0.15, -0.1) is 0 Å². The zero-order valence-corrected chi connectivity index (χ0v) is 18.8. The lowest BCUT2D eigenvalue weighted by atomic mass is 9.86. The third kappa shape index (κ3) is 5.70. The molecular formula is C25H34N2O4. The van der Waals surface area contributed by atoms with E-state index >= 15 is 0 Å². The summed E-state index contributed by atoms with van der Waals surface area (Å²) >= 11 is 0. The Labute approximate surface area is 185 Å². The molecule has 2 heterocycles. The molecule has 2 aromatic rings. The van der Waals surface area contributed by atoms with Crippen LogP contribution in [0.2, 0.25) is 0 Å². The first-order valence-corrected chi connectivity index (χ1v) is 11.1. The predicted octanol–water partition coefficient (Wildman–Crippen LogP) is 3.27. The van der Waals surface area contributed by atoms with Crippen molar-refractivity contribution in [3.05, 3.63) is 53.6 Å². The van der Waals surface area contributed by atoms with Crippen LogP contribution in [-0.2, 0) is 12.0 Å². The quantitative estimate of drug-likeness (QED) is 0.734. The summed E-state index contributed by atoms with van der Waals surface area (Å²) in [5, 5.41) is 10.5. The Hall–Kier alpha value is -2.28. The number of ether oxygens (including phenoxy) is 3. The fraction of sp³-hybridized carbons (Fsp3) is 0.520. The van der Waals surface area contributed by atoms with Crippen LogP contribution < -0.4 is 14.2 Å². The van der Waals surface area contributed by atoms with Crippen molar-refractivity contribution >= 4 is 0 Å². The summed E-state index contributed by atoms with van der Waals surface area (Å²) in [6.07, 6.45) is -0.506. The van der Waals surface area contributed by atoms with E-state index in [-0.39, 0.29) is 5.41 Å². The van der Waals surface area contributed by atoms with E-state index in [1.807, 2.05) is 24.3 Å². The molecule has 4 rings (SSSR count). The molecule has 1 saturated heterocycles. The number of benzene rings is 2. The van der Waals surface area contributed by atoms with Crippen LogP contribution in [0.4, 0.5) is 0 Å². The molecule has 0 saturated carbocycles. The molecule has 2 aliphatic heterocycles. The van der Waals surface area contributed by atoms with Crippen LogP contribution >= 0.6 is 0 Å². The molecule has 31 heavy (non-hydrogen) atoms.